The highest BCUT2D eigenvalue weighted by atomic mass is 16.4. The Hall–Kier alpha value is -1.57. The van der Waals surface area contributed by atoms with Gasteiger partial charge in [-0.15, -0.1) is 0 Å². The van der Waals surface area contributed by atoms with Gasteiger partial charge in [-0.1, -0.05) is 55.4 Å². The molecular weight excluding hydrogens is 174 g/mol. The Kier molecular flexibility index (Phi) is 3.92. The fraction of sp³-hybridized carbons (Fsp3) is 0.250. The van der Waals surface area contributed by atoms with Crippen LogP contribution in [0, 0.1) is 5.92 Å². The highest BCUT2D eigenvalue weighted by molar-refractivity contribution is 5.99. The van der Waals surface area contributed by atoms with Crippen molar-refractivity contribution in [1.82, 2.24) is 0 Å². The molecule has 0 aromatic heterocycles. The summed E-state index contributed by atoms with van der Waals surface area (Å²) in [5.74, 6) is 0.236. The molecule has 0 radical (unpaired) electrons. The van der Waals surface area contributed by atoms with E-state index in [1.165, 1.54) is 0 Å². The zero-order valence-electron chi connectivity index (χ0n) is 8.51. The van der Waals surface area contributed by atoms with Crippen LogP contribution < -0.4 is 0 Å². The lowest BCUT2D eigenvalue weighted by Crippen LogP contribution is -2.02. The average Bonchev–Trinajstić information content (AvgIpc) is 2.20. The van der Waals surface area contributed by atoms with Gasteiger partial charge in [-0.3, -0.25) is 0 Å². The second kappa shape index (κ2) is 5.22. The third kappa shape index (κ3) is 3.05. The Balaban J connectivity index is 2.73. The molecule has 0 unspecified atom stereocenters. The van der Waals surface area contributed by atoms with Crippen LogP contribution in [0.4, 0.5) is 0 Å². The molecule has 0 saturated heterocycles. The van der Waals surface area contributed by atoms with Crippen LogP contribution in [0.2, 0.25) is 0 Å². The number of nitrogens with zero attached hydrogens (tertiary/aromatic N) is 1. The largest absolute Gasteiger partial charge is 0.411 e. The van der Waals surface area contributed by atoms with Gasteiger partial charge in [0.1, 0.15) is 0 Å². The van der Waals surface area contributed by atoms with Gasteiger partial charge in [0, 0.05) is 0 Å². The zero-order valence-corrected chi connectivity index (χ0v) is 8.51. The molecule has 0 spiro atoms. The molecule has 2 nitrogen and oxygen atoms in total. The van der Waals surface area contributed by atoms with Crippen molar-refractivity contribution in [3.8, 4) is 0 Å². The minimum atomic E-state index is 0.236. The first-order chi connectivity index (χ1) is 6.74. The molecule has 0 saturated carbocycles. The number of hydrogen-bond acceptors (Lipinski definition) is 2. The first-order valence-electron chi connectivity index (χ1n) is 4.69. The number of rotatable bonds is 3. The lowest BCUT2D eigenvalue weighted by atomic mass is 10.1. The topological polar surface area (TPSA) is 32.6 Å². The molecule has 74 valence electrons. The monoisotopic (exact) mass is 189 g/mol. The Morgan fingerprint density at radius 2 is 1.93 bits per heavy atom. The summed E-state index contributed by atoms with van der Waals surface area (Å²) in [6.45, 7) is 3.98. The summed E-state index contributed by atoms with van der Waals surface area (Å²) in [4.78, 5) is 0. The molecule has 0 aliphatic heterocycles. The van der Waals surface area contributed by atoms with E-state index in [0.717, 1.165) is 5.56 Å². The molecule has 0 fully saturated rings. The van der Waals surface area contributed by atoms with E-state index < -0.39 is 0 Å². The van der Waals surface area contributed by atoms with Gasteiger partial charge in [0.15, 0.2) is 0 Å². The van der Waals surface area contributed by atoms with Crippen LogP contribution in [-0.4, -0.2) is 10.9 Å². The summed E-state index contributed by atoms with van der Waals surface area (Å²) in [6.07, 6.45) is 3.77. The molecule has 2 heteroatoms. The molecule has 0 amide bonds. The van der Waals surface area contributed by atoms with Crippen LogP contribution in [0.15, 0.2) is 41.6 Å². The Morgan fingerprint density at radius 3 is 2.43 bits per heavy atom. The highest BCUT2D eigenvalue weighted by Gasteiger charge is 2.00. The number of oxime groups is 1. The van der Waals surface area contributed by atoms with E-state index >= 15 is 0 Å². The SMILES string of the molecule is CC(C)C(/C=C\c1ccccc1)=N\O. The third-order valence-electron chi connectivity index (χ3n) is 1.95. The van der Waals surface area contributed by atoms with Gasteiger partial charge in [-0.05, 0) is 17.6 Å². The van der Waals surface area contributed by atoms with Crippen molar-refractivity contribution in [1.29, 1.82) is 0 Å². The van der Waals surface area contributed by atoms with E-state index in [1.807, 2.05) is 56.3 Å². The van der Waals surface area contributed by atoms with Crippen LogP contribution in [0.5, 0.6) is 0 Å². The number of allylic oxidation sites excluding steroid dienone is 1. The van der Waals surface area contributed by atoms with Crippen molar-refractivity contribution in [3.63, 3.8) is 0 Å². The van der Waals surface area contributed by atoms with E-state index in [9.17, 15) is 0 Å². The van der Waals surface area contributed by atoms with Gasteiger partial charge in [-0.25, -0.2) is 0 Å². The Bertz CT molecular complexity index is 325. The lowest BCUT2D eigenvalue weighted by molar-refractivity contribution is 0.316. The lowest BCUT2D eigenvalue weighted by Gasteiger charge is -2.01. The van der Waals surface area contributed by atoms with Gasteiger partial charge < -0.3 is 5.21 Å². The maximum absolute atomic E-state index is 8.71. The van der Waals surface area contributed by atoms with E-state index in [2.05, 4.69) is 5.16 Å². The van der Waals surface area contributed by atoms with Crippen LogP contribution >= 0.6 is 0 Å². The molecule has 1 rings (SSSR count). The van der Waals surface area contributed by atoms with Gasteiger partial charge >= 0.3 is 0 Å². The van der Waals surface area contributed by atoms with Crippen molar-refractivity contribution >= 4 is 11.8 Å². The van der Waals surface area contributed by atoms with E-state index in [1.54, 1.807) is 0 Å². The van der Waals surface area contributed by atoms with Crippen LogP contribution in [-0.2, 0) is 0 Å². The normalized spacial score (nSPS) is 12.6. The van der Waals surface area contributed by atoms with Crippen molar-refractivity contribution in [2.24, 2.45) is 11.1 Å². The molecule has 1 aromatic carbocycles. The summed E-state index contributed by atoms with van der Waals surface area (Å²) >= 11 is 0. The summed E-state index contributed by atoms with van der Waals surface area (Å²) in [5, 5.41) is 11.9. The smallest absolute Gasteiger partial charge is 0.0821 e. The quantitative estimate of drug-likeness (QED) is 0.442. The highest BCUT2D eigenvalue weighted by Crippen LogP contribution is 2.04. The standard InChI is InChI=1S/C12H15NO/c1-10(2)12(13-14)9-8-11-6-4-3-5-7-11/h3-10,14H,1-2H3/b9-8-,13-12-. The van der Waals surface area contributed by atoms with Gasteiger partial charge in [-0.2, -0.15) is 0 Å². The molecule has 0 bridgehead atoms. The van der Waals surface area contributed by atoms with Crippen molar-refractivity contribution in [2.45, 2.75) is 13.8 Å². The molecule has 0 heterocycles. The predicted molar refractivity (Wildman–Crippen MR) is 59.5 cm³/mol. The van der Waals surface area contributed by atoms with E-state index in [-0.39, 0.29) is 5.92 Å². The van der Waals surface area contributed by atoms with Crippen molar-refractivity contribution < 1.29 is 5.21 Å². The Morgan fingerprint density at radius 1 is 1.29 bits per heavy atom. The second-order valence-corrected chi connectivity index (χ2v) is 3.42. The summed E-state index contributed by atoms with van der Waals surface area (Å²) in [7, 11) is 0. The van der Waals surface area contributed by atoms with Crippen molar-refractivity contribution in [2.75, 3.05) is 0 Å². The third-order valence-corrected chi connectivity index (χ3v) is 1.95. The van der Waals surface area contributed by atoms with Crippen LogP contribution in [0.1, 0.15) is 19.4 Å². The van der Waals surface area contributed by atoms with E-state index in [0.29, 0.717) is 5.71 Å². The van der Waals surface area contributed by atoms with Gasteiger partial charge in [0.25, 0.3) is 0 Å². The predicted octanol–water partition coefficient (Wildman–Crippen LogP) is 3.19. The first kappa shape index (κ1) is 10.5. The summed E-state index contributed by atoms with van der Waals surface area (Å²) in [6, 6.07) is 9.94. The molecule has 0 atom stereocenters. The molecule has 1 aromatic rings. The van der Waals surface area contributed by atoms with Crippen LogP contribution in [0.3, 0.4) is 0 Å². The Labute approximate surface area is 84.6 Å². The fourth-order valence-electron chi connectivity index (χ4n) is 1.09. The number of benzene rings is 1. The van der Waals surface area contributed by atoms with Gasteiger partial charge in [0.05, 0.1) is 5.71 Å². The average molecular weight is 189 g/mol. The maximum atomic E-state index is 8.71. The molecule has 14 heavy (non-hydrogen) atoms. The maximum Gasteiger partial charge on any atom is 0.0821 e. The molecule has 1 N–H and O–H groups in total. The summed E-state index contributed by atoms with van der Waals surface area (Å²) in [5.41, 5.74) is 1.79. The van der Waals surface area contributed by atoms with Crippen molar-refractivity contribution in [3.05, 3.63) is 42.0 Å². The minimum absolute atomic E-state index is 0.236. The molecular formula is C12H15NO. The first-order valence-corrected chi connectivity index (χ1v) is 4.69. The number of hydrogen-bond donors (Lipinski definition) is 1. The van der Waals surface area contributed by atoms with Gasteiger partial charge in [0.2, 0.25) is 0 Å². The minimum Gasteiger partial charge on any atom is -0.411 e. The zero-order chi connectivity index (χ0) is 10.4. The van der Waals surface area contributed by atoms with E-state index in [4.69, 9.17) is 5.21 Å². The molecule has 0 aliphatic carbocycles. The summed E-state index contributed by atoms with van der Waals surface area (Å²) < 4.78 is 0. The fourth-order valence-corrected chi connectivity index (χ4v) is 1.09. The van der Waals surface area contributed by atoms with Crippen LogP contribution in [0.25, 0.3) is 6.08 Å². The molecule has 0 aliphatic rings. The second-order valence-electron chi connectivity index (χ2n) is 3.42.